The molecule has 3 heterocycles. The van der Waals surface area contributed by atoms with E-state index in [1.165, 1.54) is 0 Å². The number of aromatic nitrogens is 1. The molecule has 7 nitrogen and oxygen atoms in total. The number of rotatable bonds is 4. The van der Waals surface area contributed by atoms with Crippen molar-refractivity contribution in [2.24, 2.45) is 5.92 Å². The summed E-state index contributed by atoms with van der Waals surface area (Å²) in [5, 5.41) is 5.72. The predicted molar refractivity (Wildman–Crippen MR) is 91.5 cm³/mol. The maximum absolute atomic E-state index is 12.2. The fourth-order valence-electron chi connectivity index (χ4n) is 3.07. The summed E-state index contributed by atoms with van der Waals surface area (Å²) < 4.78 is 0. The Kier molecular flexibility index (Phi) is 5.30. The van der Waals surface area contributed by atoms with Gasteiger partial charge in [-0.2, -0.15) is 0 Å². The second kappa shape index (κ2) is 7.61. The number of piperazine rings is 1. The Bertz CT molecular complexity index is 588. The number of anilines is 1. The minimum Gasteiger partial charge on any atom is -0.355 e. The van der Waals surface area contributed by atoms with E-state index in [0.717, 1.165) is 37.6 Å². The zero-order valence-electron chi connectivity index (χ0n) is 14.1. The summed E-state index contributed by atoms with van der Waals surface area (Å²) in [4.78, 5) is 32.4. The van der Waals surface area contributed by atoms with Crippen molar-refractivity contribution in [3.8, 4) is 0 Å². The summed E-state index contributed by atoms with van der Waals surface area (Å²) in [7, 11) is 2.13. The van der Waals surface area contributed by atoms with E-state index in [-0.39, 0.29) is 17.7 Å². The van der Waals surface area contributed by atoms with Crippen LogP contribution in [0, 0.1) is 5.92 Å². The Hall–Kier alpha value is -2.15. The molecule has 3 rings (SSSR count). The number of hydrogen-bond acceptors (Lipinski definition) is 5. The Morgan fingerprint density at radius 2 is 2.17 bits per heavy atom. The number of nitrogens with one attached hydrogen (secondary N) is 2. The Balaban J connectivity index is 1.53. The summed E-state index contributed by atoms with van der Waals surface area (Å²) in [6.45, 7) is 4.95. The van der Waals surface area contributed by atoms with E-state index >= 15 is 0 Å². The van der Waals surface area contributed by atoms with Crippen LogP contribution in [0.1, 0.15) is 18.4 Å². The molecule has 130 valence electrons. The minimum absolute atomic E-state index is 0.00737. The molecule has 2 N–H and O–H groups in total. The van der Waals surface area contributed by atoms with Crippen LogP contribution in [-0.2, 0) is 16.1 Å². The minimum atomic E-state index is -0.123. The maximum Gasteiger partial charge on any atom is 0.225 e. The largest absolute Gasteiger partial charge is 0.355 e. The first-order chi connectivity index (χ1) is 11.6. The third-order valence-electron chi connectivity index (χ3n) is 4.74. The smallest absolute Gasteiger partial charge is 0.225 e. The van der Waals surface area contributed by atoms with Crippen LogP contribution >= 0.6 is 0 Å². The zero-order valence-corrected chi connectivity index (χ0v) is 14.1. The van der Waals surface area contributed by atoms with Gasteiger partial charge in [0, 0.05) is 51.9 Å². The molecular weight excluding hydrogens is 306 g/mol. The fraction of sp³-hybridized carbons (Fsp3) is 0.588. The zero-order chi connectivity index (χ0) is 16.9. The van der Waals surface area contributed by atoms with E-state index in [2.05, 4.69) is 32.5 Å². The van der Waals surface area contributed by atoms with Crippen LogP contribution in [0.4, 0.5) is 5.82 Å². The summed E-state index contributed by atoms with van der Waals surface area (Å²) in [5.74, 6) is 0.888. The Labute approximate surface area is 142 Å². The van der Waals surface area contributed by atoms with E-state index in [1.54, 1.807) is 6.20 Å². The number of carbonyl (C=O) groups excluding carboxylic acids is 2. The van der Waals surface area contributed by atoms with Crippen LogP contribution in [0.15, 0.2) is 18.3 Å². The van der Waals surface area contributed by atoms with Crippen molar-refractivity contribution in [1.29, 1.82) is 0 Å². The lowest BCUT2D eigenvalue weighted by Gasteiger charge is -2.33. The Morgan fingerprint density at radius 3 is 2.88 bits per heavy atom. The molecule has 2 aliphatic rings. The molecule has 2 amide bonds. The Morgan fingerprint density at radius 1 is 1.38 bits per heavy atom. The highest BCUT2D eigenvalue weighted by Crippen LogP contribution is 2.15. The van der Waals surface area contributed by atoms with Gasteiger partial charge in [0.1, 0.15) is 5.82 Å². The van der Waals surface area contributed by atoms with Crippen LogP contribution < -0.4 is 15.5 Å². The molecule has 1 aromatic heterocycles. The molecule has 1 aromatic rings. The molecule has 0 aliphatic carbocycles. The molecule has 24 heavy (non-hydrogen) atoms. The van der Waals surface area contributed by atoms with Crippen LogP contribution in [0.2, 0.25) is 0 Å². The molecule has 7 heteroatoms. The van der Waals surface area contributed by atoms with Gasteiger partial charge in [0.2, 0.25) is 11.8 Å². The van der Waals surface area contributed by atoms with Gasteiger partial charge in [-0.05, 0) is 31.2 Å². The van der Waals surface area contributed by atoms with Crippen molar-refractivity contribution < 1.29 is 9.59 Å². The second-order valence-electron chi connectivity index (χ2n) is 6.57. The lowest BCUT2D eigenvalue weighted by atomic mass is 9.98. The highest BCUT2D eigenvalue weighted by Gasteiger charge is 2.24. The maximum atomic E-state index is 12.2. The van der Waals surface area contributed by atoms with Gasteiger partial charge in [0.25, 0.3) is 0 Å². The van der Waals surface area contributed by atoms with E-state index < -0.39 is 0 Å². The first kappa shape index (κ1) is 16.7. The highest BCUT2D eigenvalue weighted by molar-refractivity contribution is 5.83. The summed E-state index contributed by atoms with van der Waals surface area (Å²) in [5.41, 5.74) is 1.05. The van der Waals surface area contributed by atoms with Gasteiger partial charge in [-0.1, -0.05) is 0 Å². The number of pyridine rings is 1. The fourth-order valence-corrected chi connectivity index (χ4v) is 3.07. The van der Waals surface area contributed by atoms with E-state index in [9.17, 15) is 9.59 Å². The molecular formula is C17H25N5O2. The van der Waals surface area contributed by atoms with E-state index in [4.69, 9.17) is 0 Å². The van der Waals surface area contributed by atoms with Gasteiger partial charge < -0.3 is 20.4 Å². The average molecular weight is 331 g/mol. The highest BCUT2D eigenvalue weighted by atomic mass is 16.2. The molecule has 0 radical (unpaired) electrons. The van der Waals surface area contributed by atoms with Crippen LogP contribution in [0.3, 0.4) is 0 Å². The molecule has 0 aromatic carbocycles. The molecule has 0 saturated carbocycles. The number of likely N-dealkylation sites (N-methyl/N-ethyl adjacent to an activating group) is 1. The van der Waals surface area contributed by atoms with Crippen molar-refractivity contribution >= 4 is 17.6 Å². The van der Waals surface area contributed by atoms with Gasteiger partial charge in [0.15, 0.2) is 0 Å². The van der Waals surface area contributed by atoms with Gasteiger partial charge in [0.05, 0.1) is 5.92 Å². The van der Waals surface area contributed by atoms with Gasteiger partial charge in [-0.25, -0.2) is 4.98 Å². The van der Waals surface area contributed by atoms with Crippen molar-refractivity contribution in [2.45, 2.75) is 19.4 Å². The number of amides is 2. The summed E-state index contributed by atoms with van der Waals surface area (Å²) in [6, 6.07) is 3.98. The normalized spacial score (nSPS) is 22.1. The lowest BCUT2D eigenvalue weighted by Crippen LogP contribution is -2.44. The number of piperidine rings is 1. The average Bonchev–Trinajstić information content (AvgIpc) is 2.61. The summed E-state index contributed by atoms with van der Waals surface area (Å²) >= 11 is 0. The lowest BCUT2D eigenvalue weighted by molar-refractivity contribution is -0.129. The van der Waals surface area contributed by atoms with Crippen molar-refractivity contribution in [3.63, 3.8) is 0 Å². The van der Waals surface area contributed by atoms with Crippen molar-refractivity contribution in [2.75, 3.05) is 44.7 Å². The van der Waals surface area contributed by atoms with Crippen LogP contribution in [-0.4, -0.2) is 61.5 Å². The first-order valence-corrected chi connectivity index (χ1v) is 8.54. The third kappa shape index (κ3) is 4.23. The van der Waals surface area contributed by atoms with Crippen molar-refractivity contribution in [1.82, 2.24) is 20.5 Å². The van der Waals surface area contributed by atoms with Crippen LogP contribution in [0.5, 0.6) is 0 Å². The van der Waals surface area contributed by atoms with Crippen molar-refractivity contribution in [3.05, 3.63) is 23.9 Å². The topological polar surface area (TPSA) is 77.6 Å². The summed E-state index contributed by atoms with van der Waals surface area (Å²) in [6.07, 6.45) is 2.86. The standard InChI is InChI=1S/C17H25N5O2/c1-21-6-8-22(9-7-21)15-10-13(4-5-18-15)11-20-17(24)14-2-3-16(23)19-12-14/h4-5,10,14H,2-3,6-9,11-12H2,1H3,(H,19,23)(H,20,24). The molecule has 2 fully saturated rings. The van der Waals surface area contributed by atoms with Gasteiger partial charge in [-0.3, -0.25) is 9.59 Å². The number of carbonyl (C=O) groups is 2. The second-order valence-corrected chi connectivity index (χ2v) is 6.57. The van der Waals surface area contributed by atoms with E-state index in [0.29, 0.717) is 25.9 Å². The number of hydrogen-bond donors (Lipinski definition) is 2. The first-order valence-electron chi connectivity index (χ1n) is 8.54. The van der Waals surface area contributed by atoms with E-state index in [1.807, 2.05) is 12.1 Å². The molecule has 2 saturated heterocycles. The molecule has 1 unspecified atom stereocenters. The monoisotopic (exact) mass is 331 g/mol. The van der Waals surface area contributed by atoms with Gasteiger partial charge in [-0.15, -0.1) is 0 Å². The molecule has 0 bridgehead atoms. The third-order valence-corrected chi connectivity index (χ3v) is 4.74. The van der Waals surface area contributed by atoms with Gasteiger partial charge >= 0.3 is 0 Å². The molecule has 2 aliphatic heterocycles. The van der Waals surface area contributed by atoms with Crippen LogP contribution in [0.25, 0.3) is 0 Å². The number of nitrogens with zero attached hydrogens (tertiary/aromatic N) is 3. The molecule has 0 spiro atoms. The molecule has 1 atom stereocenters. The predicted octanol–water partition coefficient (Wildman–Crippen LogP) is -0.0242. The SMILES string of the molecule is CN1CCN(c2cc(CNC(=O)C3CCC(=O)NC3)ccn2)CC1. The quantitative estimate of drug-likeness (QED) is 0.811.